The van der Waals surface area contributed by atoms with Gasteiger partial charge in [-0.05, 0) is 31.1 Å². The fourth-order valence-electron chi connectivity index (χ4n) is 2.46. The van der Waals surface area contributed by atoms with E-state index in [0.29, 0.717) is 0 Å². The Morgan fingerprint density at radius 2 is 1.95 bits per heavy atom. The molecule has 0 aromatic carbocycles. The Bertz CT molecular complexity index is 456. The van der Waals surface area contributed by atoms with E-state index in [-0.39, 0.29) is 34.8 Å². The van der Waals surface area contributed by atoms with Crippen LogP contribution in [0.4, 0.5) is 0 Å². The van der Waals surface area contributed by atoms with Crippen LogP contribution < -0.4 is 5.32 Å². The van der Waals surface area contributed by atoms with Crippen LogP contribution in [-0.4, -0.2) is 45.4 Å². The molecule has 0 radical (unpaired) electrons. The number of carbonyl (C=O) groups is 2. The summed E-state index contributed by atoms with van der Waals surface area (Å²) < 4.78 is 11.6. The highest BCUT2D eigenvalue weighted by Gasteiger charge is 2.51. The third-order valence-electron chi connectivity index (χ3n) is 4.85. The second-order valence-corrected chi connectivity index (χ2v) is 12.2. The van der Waals surface area contributed by atoms with E-state index in [1.54, 1.807) is 0 Å². The van der Waals surface area contributed by atoms with E-state index < -0.39 is 14.4 Å². The van der Waals surface area contributed by atoms with Crippen molar-refractivity contribution in [3.05, 3.63) is 12.7 Å². The van der Waals surface area contributed by atoms with Crippen LogP contribution in [0.1, 0.15) is 27.7 Å². The first-order valence-electron chi connectivity index (χ1n) is 7.63. The lowest BCUT2D eigenvalue weighted by Crippen LogP contribution is -2.69. The molecular formula is C16H29NO4Si. The molecule has 1 aliphatic rings. The smallest absolute Gasteiger partial charge is 0.228 e. The van der Waals surface area contributed by atoms with E-state index >= 15 is 0 Å². The van der Waals surface area contributed by atoms with Crippen LogP contribution >= 0.6 is 0 Å². The number of ether oxygens (including phenoxy) is 1. The zero-order valence-electron chi connectivity index (χ0n) is 14.7. The molecule has 126 valence electrons. The van der Waals surface area contributed by atoms with Gasteiger partial charge in [0.2, 0.25) is 5.91 Å². The number of rotatable bonds is 7. The number of methoxy groups -OCH3 is 1. The Kier molecular flexibility index (Phi) is 5.75. The molecule has 0 saturated carbocycles. The number of carbonyl (C=O) groups excluding carboxylic acids is 2. The van der Waals surface area contributed by atoms with Crippen LogP contribution in [0.3, 0.4) is 0 Å². The van der Waals surface area contributed by atoms with E-state index in [4.69, 9.17) is 9.16 Å². The van der Waals surface area contributed by atoms with Crippen molar-refractivity contribution in [3.63, 3.8) is 0 Å². The molecule has 6 heteroatoms. The predicted octanol–water partition coefficient (Wildman–Crippen LogP) is 2.28. The van der Waals surface area contributed by atoms with Crippen molar-refractivity contribution >= 4 is 20.0 Å². The fourth-order valence-corrected chi connectivity index (χ4v) is 3.89. The molecule has 0 aromatic heterocycles. The van der Waals surface area contributed by atoms with Crippen LogP contribution in [0.2, 0.25) is 18.1 Å². The van der Waals surface area contributed by atoms with Crippen molar-refractivity contribution < 1.29 is 18.8 Å². The SMILES string of the molecule is C=CC(=O)C(OC)[C@@H]1NC(=O)[C@@H]1[C@@H](C)O[Si](C)(C)C(C)(C)C. The summed E-state index contributed by atoms with van der Waals surface area (Å²) in [6.07, 6.45) is 0.273. The van der Waals surface area contributed by atoms with Crippen LogP contribution in [0.5, 0.6) is 0 Å². The van der Waals surface area contributed by atoms with Gasteiger partial charge in [0.25, 0.3) is 0 Å². The summed E-state index contributed by atoms with van der Waals surface area (Å²) >= 11 is 0. The van der Waals surface area contributed by atoms with Gasteiger partial charge in [-0.25, -0.2) is 0 Å². The minimum absolute atomic E-state index is 0.0641. The number of hydrogen-bond acceptors (Lipinski definition) is 4. The molecule has 4 atom stereocenters. The van der Waals surface area contributed by atoms with Gasteiger partial charge in [0.1, 0.15) is 6.10 Å². The minimum atomic E-state index is -1.98. The number of β-lactam (4-membered cyclic amide) rings is 1. The van der Waals surface area contributed by atoms with E-state index in [2.05, 4.69) is 45.8 Å². The second kappa shape index (κ2) is 6.64. The summed E-state index contributed by atoms with van der Waals surface area (Å²) in [5.74, 6) is -0.685. The number of ketones is 1. The molecule has 1 unspecified atom stereocenters. The molecule has 0 aromatic rings. The van der Waals surface area contributed by atoms with Gasteiger partial charge in [-0.15, -0.1) is 0 Å². The number of amides is 1. The lowest BCUT2D eigenvalue weighted by atomic mass is 9.81. The average molecular weight is 327 g/mol. The topological polar surface area (TPSA) is 64.6 Å². The Morgan fingerprint density at radius 3 is 2.32 bits per heavy atom. The molecule has 22 heavy (non-hydrogen) atoms. The maximum Gasteiger partial charge on any atom is 0.228 e. The van der Waals surface area contributed by atoms with Gasteiger partial charge >= 0.3 is 0 Å². The highest BCUT2D eigenvalue weighted by molar-refractivity contribution is 6.74. The molecule has 0 bridgehead atoms. The van der Waals surface area contributed by atoms with E-state index in [1.807, 2.05) is 6.92 Å². The van der Waals surface area contributed by atoms with Crippen molar-refractivity contribution in [1.29, 1.82) is 0 Å². The van der Waals surface area contributed by atoms with Crippen molar-refractivity contribution in [3.8, 4) is 0 Å². The van der Waals surface area contributed by atoms with Gasteiger partial charge in [-0.3, -0.25) is 9.59 Å². The summed E-state index contributed by atoms with van der Waals surface area (Å²) in [7, 11) is -0.513. The Balaban J connectivity index is 2.87. The van der Waals surface area contributed by atoms with E-state index in [9.17, 15) is 9.59 Å². The predicted molar refractivity (Wildman–Crippen MR) is 89.2 cm³/mol. The van der Waals surface area contributed by atoms with Gasteiger partial charge in [0.05, 0.1) is 18.1 Å². The Hall–Kier alpha value is -0.983. The van der Waals surface area contributed by atoms with Crippen molar-refractivity contribution in [1.82, 2.24) is 5.32 Å². The summed E-state index contributed by atoms with van der Waals surface area (Å²) in [5.41, 5.74) is 0. The highest BCUT2D eigenvalue weighted by Crippen LogP contribution is 2.39. The Labute approximate surface area is 134 Å². The molecule has 1 fully saturated rings. The number of nitrogens with one attached hydrogen (secondary N) is 1. The van der Waals surface area contributed by atoms with Crippen molar-refractivity contribution in [2.75, 3.05) is 7.11 Å². The molecule has 0 spiro atoms. The quantitative estimate of drug-likeness (QED) is 0.443. The summed E-state index contributed by atoms with van der Waals surface area (Å²) in [5, 5.41) is 2.83. The van der Waals surface area contributed by atoms with E-state index in [0.717, 1.165) is 0 Å². The molecule has 1 saturated heterocycles. The van der Waals surface area contributed by atoms with Crippen molar-refractivity contribution in [2.24, 2.45) is 5.92 Å². The van der Waals surface area contributed by atoms with Crippen LogP contribution in [0, 0.1) is 5.92 Å². The lowest BCUT2D eigenvalue weighted by Gasteiger charge is -2.46. The molecule has 1 amide bonds. The van der Waals surface area contributed by atoms with E-state index in [1.165, 1.54) is 13.2 Å². The van der Waals surface area contributed by atoms with Gasteiger partial charge in [0, 0.05) is 7.11 Å². The van der Waals surface area contributed by atoms with Crippen LogP contribution in [0.15, 0.2) is 12.7 Å². The minimum Gasteiger partial charge on any atom is -0.413 e. The maximum absolute atomic E-state index is 12.0. The van der Waals surface area contributed by atoms with Crippen LogP contribution in [-0.2, 0) is 18.8 Å². The zero-order chi connectivity index (χ0) is 17.3. The second-order valence-electron chi connectivity index (χ2n) is 7.41. The normalized spacial score (nSPS) is 25.0. The molecular weight excluding hydrogens is 298 g/mol. The fraction of sp³-hybridized carbons (Fsp3) is 0.750. The van der Waals surface area contributed by atoms with Gasteiger partial charge in [-0.1, -0.05) is 27.4 Å². The van der Waals surface area contributed by atoms with Gasteiger partial charge in [-0.2, -0.15) is 0 Å². The molecule has 1 N–H and O–H groups in total. The molecule has 1 aliphatic heterocycles. The molecule has 1 heterocycles. The first kappa shape index (κ1) is 19.1. The average Bonchev–Trinajstić information content (AvgIpc) is 2.35. The summed E-state index contributed by atoms with van der Waals surface area (Å²) in [6, 6.07) is -0.359. The van der Waals surface area contributed by atoms with Crippen molar-refractivity contribution in [2.45, 2.75) is 64.1 Å². The number of hydrogen-bond donors (Lipinski definition) is 1. The third-order valence-corrected chi connectivity index (χ3v) is 9.43. The first-order chi connectivity index (χ1) is 9.96. The molecule has 5 nitrogen and oxygen atoms in total. The maximum atomic E-state index is 12.0. The zero-order valence-corrected chi connectivity index (χ0v) is 15.7. The third kappa shape index (κ3) is 3.67. The summed E-state index contributed by atoms with van der Waals surface area (Å²) in [4.78, 5) is 23.9. The van der Waals surface area contributed by atoms with Gasteiger partial charge < -0.3 is 14.5 Å². The van der Waals surface area contributed by atoms with Gasteiger partial charge in [0.15, 0.2) is 14.1 Å². The molecule has 0 aliphatic carbocycles. The standard InChI is InChI=1S/C16H29NO4Si/c1-9-11(18)14(20-6)13-12(15(19)17-13)10(2)21-22(7,8)16(3,4)5/h9-10,12-14H,1H2,2-8H3,(H,17,19)/t10-,12-,13-,14?/m1/s1. The first-order valence-corrected chi connectivity index (χ1v) is 10.5. The Morgan fingerprint density at radius 1 is 1.41 bits per heavy atom. The lowest BCUT2D eigenvalue weighted by molar-refractivity contribution is -0.149. The highest BCUT2D eigenvalue weighted by atomic mass is 28.4. The molecule has 1 rings (SSSR count). The largest absolute Gasteiger partial charge is 0.413 e. The van der Waals surface area contributed by atoms with Crippen LogP contribution in [0.25, 0.3) is 0 Å². The summed E-state index contributed by atoms with van der Waals surface area (Å²) in [6.45, 7) is 16.2. The monoisotopic (exact) mass is 327 g/mol.